The van der Waals surface area contributed by atoms with Crippen molar-refractivity contribution in [1.82, 2.24) is 4.57 Å². The van der Waals surface area contributed by atoms with Crippen LogP contribution in [0.15, 0.2) is 200 Å². The van der Waals surface area contributed by atoms with E-state index >= 15 is 0 Å². The molecule has 54 heavy (non-hydrogen) atoms. The van der Waals surface area contributed by atoms with Gasteiger partial charge in [-0.3, -0.25) is 0 Å². The highest BCUT2D eigenvalue weighted by molar-refractivity contribution is 6.09. The molecule has 260 valence electrons. The van der Waals surface area contributed by atoms with E-state index in [2.05, 4.69) is 230 Å². The molecule has 8 aromatic carbocycles. The van der Waals surface area contributed by atoms with Crippen LogP contribution in [0, 0.1) is 0 Å². The molecule has 9 rings (SSSR count). The molecule has 0 N–H and O–H groups in total. The summed E-state index contributed by atoms with van der Waals surface area (Å²) in [6, 6.07) is 72.4. The van der Waals surface area contributed by atoms with Gasteiger partial charge in [-0.25, -0.2) is 0 Å². The third kappa shape index (κ3) is 6.16. The van der Waals surface area contributed by atoms with Gasteiger partial charge in [-0.1, -0.05) is 146 Å². The predicted octanol–water partition coefficient (Wildman–Crippen LogP) is 14.7. The largest absolute Gasteiger partial charge is 0.335 e. The SMILES string of the molecule is CC(C)(C)n1c2ccccc2c2cc(-c3ccc(-c4ccccc4-c4ccc(N(c5ccccc5)c5ccc(-c6ccccc6)cc5)cc4)cc3)ccc21. The first-order chi connectivity index (χ1) is 26.4. The third-order valence-corrected chi connectivity index (χ3v) is 10.5. The van der Waals surface area contributed by atoms with Crippen molar-refractivity contribution in [3.8, 4) is 44.5 Å². The molecular formula is C52H42N2. The van der Waals surface area contributed by atoms with Crippen LogP contribution in [0.2, 0.25) is 0 Å². The van der Waals surface area contributed by atoms with E-state index in [0.29, 0.717) is 0 Å². The molecule has 0 aliphatic carbocycles. The van der Waals surface area contributed by atoms with Gasteiger partial charge in [-0.15, -0.1) is 0 Å². The standard InChI is InChI=1S/C52H42N2/c1-52(2,3)54-50-21-13-12-20-48(50)49-36-42(30-35-51(49)54)39-22-24-40(25-23-39)46-18-10-11-19-47(46)41-28-33-45(34-29-41)53(43-16-8-5-9-17-43)44-31-26-38(27-32-44)37-14-6-4-7-15-37/h4-36H,1-3H3. The van der Waals surface area contributed by atoms with Gasteiger partial charge in [0.1, 0.15) is 0 Å². The summed E-state index contributed by atoms with van der Waals surface area (Å²) in [5, 5.41) is 2.60. The summed E-state index contributed by atoms with van der Waals surface area (Å²) in [6.07, 6.45) is 0. The lowest BCUT2D eigenvalue weighted by Gasteiger charge is -2.26. The zero-order valence-corrected chi connectivity index (χ0v) is 30.9. The van der Waals surface area contributed by atoms with Crippen molar-refractivity contribution in [3.63, 3.8) is 0 Å². The van der Waals surface area contributed by atoms with Gasteiger partial charge >= 0.3 is 0 Å². The Labute approximate surface area is 318 Å². The summed E-state index contributed by atoms with van der Waals surface area (Å²) in [5.41, 5.74) is 15.6. The highest BCUT2D eigenvalue weighted by atomic mass is 15.1. The summed E-state index contributed by atoms with van der Waals surface area (Å²) in [4.78, 5) is 2.32. The Morgan fingerprint density at radius 2 is 0.741 bits per heavy atom. The lowest BCUT2D eigenvalue weighted by Crippen LogP contribution is -2.21. The van der Waals surface area contributed by atoms with Crippen molar-refractivity contribution in [1.29, 1.82) is 0 Å². The van der Waals surface area contributed by atoms with Gasteiger partial charge in [0, 0.05) is 44.4 Å². The van der Waals surface area contributed by atoms with Crippen LogP contribution >= 0.6 is 0 Å². The van der Waals surface area contributed by atoms with Crippen LogP contribution in [-0.4, -0.2) is 4.57 Å². The van der Waals surface area contributed by atoms with Crippen molar-refractivity contribution < 1.29 is 0 Å². The van der Waals surface area contributed by atoms with E-state index in [1.807, 2.05) is 0 Å². The third-order valence-electron chi connectivity index (χ3n) is 10.5. The molecule has 0 aliphatic rings. The first-order valence-corrected chi connectivity index (χ1v) is 18.8. The van der Waals surface area contributed by atoms with E-state index in [9.17, 15) is 0 Å². The van der Waals surface area contributed by atoms with Gasteiger partial charge in [0.25, 0.3) is 0 Å². The lowest BCUT2D eigenvalue weighted by atomic mass is 9.93. The second-order valence-corrected chi connectivity index (χ2v) is 15.0. The fourth-order valence-corrected chi connectivity index (χ4v) is 7.95. The summed E-state index contributed by atoms with van der Waals surface area (Å²) in [7, 11) is 0. The molecular weight excluding hydrogens is 653 g/mol. The van der Waals surface area contributed by atoms with Gasteiger partial charge in [0.2, 0.25) is 0 Å². The number of aromatic nitrogens is 1. The molecule has 2 heteroatoms. The molecule has 0 spiro atoms. The zero-order chi connectivity index (χ0) is 36.6. The van der Waals surface area contributed by atoms with Gasteiger partial charge < -0.3 is 9.47 Å². The Balaban J connectivity index is 1.03. The number of para-hydroxylation sites is 2. The van der Waals surface area contributed by atoms with Crippen LogP contribution in [0.3, 0.4) is 0 Å². The lowest BCUT2D eigenvalue weighted by molar-refractivity contribution is 0.423. The van der Waals surface area contributed by atoms with Gasteiger partial charge in [-0.2, -0.15) is 0 Å². The van der Waals surface area contributed by atoms with Gasteiger partial charge in [0.15, 0.2) is 0 Å². The van der Waals surface area contributed by atoms with E-state index in [-0.39, 0.29) is 5.54 Å². The maximum Gasteiger partial charge on any atom is 0.0496 e. The normalized spacial score (nSPS) is 11.6. The van der Waals surface area contributed by atoms with Crippen LogP contribution < -0.4 is 4.90 Å². The van der Waals surface area contributed by atoms with E-state index in [4.69, 9.17) is 0 Å². The molecule has 1 heterocycles. The number of benzene rings is 8. The number of hydrogen-bond acceptors (Lipinski definition) is 1. The second-order valence-electron chi connectivity index (χ2n) is 15.0. The molecule has 2 nitrogen and oxygen atoms in total. The minimum atomic E-state index is -0.0192. The van der Waals surface area contributed by atoms with Crippen molar-refractivity contribution >= 4 is 38.9 Å². The molecule has 0 amide bonds. The maximum absolute atomic E-state index is 2.47. The highest BCUT2D eigenvalue weighted by Gasteiger charge is 2.21. The molecule has 1 aromatic heterocycles. The number of hydrogen-bond donors (Lipinski definition) is 0. The van der Waals surface area contributed by atoms with Crippen molar-refractivity contribution in [2.24, 2.45) is 0 Å². The van der Waals surface area contributed by atoms with Gasteiger partial charge in [-0.05, 0) is 120 Å². The molecule has 9 aromatic rings. The van der Waals surface area contributed by atoms with Crippen LogP contribution in [0.5, 0.6) is 0 Å². The zero-order valence-electron chi connectivity index (χ0n) is 30.9. The smallest absolute Gasteiger partial charge is 0.0496 e. The van der Waals surface area contributed by atoms with Crippen LogP contribution in [0.1, 0.15) is 20.8 Å². The fraction of sp³-hybridized carbons (Fsp3) is 0.0769. The van der Waals surface area contributed by atoms with Gasteiger partial charge in [0.05, 0.1) is 0 Å². The highest BCUT2D eigenvalue weighted by Crippen LogP contribution is 2.40. The molecule has 0 saturated carbocycles. The second kappa shape index (κ2) is 13.7. The molecule has 0 saturated heterocycles. The van der Waals surface area contributed by atoms with Crippen molar-refractivity contribution in [3.05, 3.63) is 200 Å². The molecule has 0 unspecified atom stereocenters. The quantitative estimate of drug-likeness (QED) is 0.161. The van der Waals surface area contributed by atoms with E-state index in [0.717, 1.165) is 17.1 Å². The first kappa shape index (κ1) is 33.2. The average Bonchev–Trinajstić information content (AvgIpc) is 3.57. The maximum atomic E-state index is 2.47. The monoisotopic (exact) mass is 694 g/mol. The van der Waals surface area contributed by atoms with Crippen LogP contribution in [0.4, 0.5) is 17.1 Å². The summed E-state index contributed by atoms with van der Waals surface area (Å²) >= 11 is 0. The topological polar surface area (TPSA) is 8.17 Å². The first-order valence-electron chi connectivity index (χ1n) is 18.8. The average molecular weight is 695 g/mol. The Morgan fingerprint density at radius 3 is 1.35 bits per heavy atom. The Morgan fingerprint density at radius 1 is 0.333 bits per heavy atom. The Bertz CT molecular complexity index is 2700. The number of rotatable bonds is 7. The molecule has 0 aliphatic heterocycles. The Kier molecular flexibility index (Phi) is 8.44. The van der Waals surface area contributed by atoms with E-state index in [1.54, 1.807) is 0 Å². The minimum absolute atomic E-state index is 0.0192. The fourth-order valence-electron chi connectivity index (χ4n) is 7.95. The molecule has 0 atom stereocenters. The summed E-state index contributed by atoms with van der Waals surface area (Å²) in [6.45, 7) is 6.84. The molecule has 0 radical (unpaired) electrons. The van der Waals surface area contributed by atoms with Crippen molar-refractivity contribution in [2.45, 2.75) is 26.3 Å². The van der Waals surface area contributed by atoms with Crippen molar-refractivity contribution in [2.75, 3.05) is 4.90 Å². The van der Waals surface area contributed by atoms with E-state index in [1.165, 1.54) is 66.3 Å². The number of fused-ring (bicyclic) bond motifs is 3. The van der Waals surface area contributed by atoms with Crippen LogP contribution in [-0.2, 0) is 5.54 Å². The summed E-state index contributed by atoms with van der Waals surface area (Å²) in [5.74, 6) is 0. The Hall–Kier alpha value is -6.64. The van der Waals surface area contributed by atoms with Crippen LogP contribution in [0.25, 0.3) is 66.3 Å². The molecule has 0 bridgehead atoms. The minimum Gasteiger partial charge on any atom is -0.335 e. The number of anilines is 3. The predicted molar refractivity (Wildman–Crippen MR) is 231 cm³/mol. The number of nitrogens with zero attached hydrogens (tertiary/aromatic N) is 2. The van der Waals surface area contributed by atoms with E-state index < -0.39 is 0 Å². The molecule has 0 fully saturated rings. The summed E-state index contributed by atoms with van der Waals surface area (Å²) < 4.78 is 2.47.